The third-order valence-electron chi connectivity index (χ3n) is 8.59. The fourth-order valence-electron chi connectivity index (χ4n) is 5.79. The monoisotopic (exact) mass is 649 g/mol. The zero-order chi connectivity index (χ0) is 34.7. The summed E-state index contributed by atoms with van der Waals surface area (Å²) >= 11 is 0. The number of amides is 3. The van der Waals surface area contributed by atoms with Gasteiger partial charge in [0, 0.05) is 48.8 Å². The van der Waals surface area contributed by atoms with E-state index in [0.717, 1.165) is 24.0 Å². The van der Waals surface area contributed by atoms with E-state index in [2.05, 4.69) is 25.2 Å². The number of allylic oxidation sites excluding steroid dienone is 3. The Bertz CT molecular complexity index is 1660. The van der Waals surface area contributed by atoms with Crippen LogP contribution in [-0.4, -0.2) is 52.5 Å². The second-order valence-corrected chi connectivity index (χ2v) is 12.6. The van der Waals surface area contributed by atoms with Gasteiger partial charge in [-0.15, -0.1) is 0 Å². The van der Waals surface area contributed by atoms with Gasteiger partial charge in [0.1, 0.15) is 0 Å². The number of aliphatic hydroxyl groups excluding tert-OH is 1. The molecular weight excluding hydrogens is 602 g/mol. The van der Waals surface area contributed by atoms with Crippen LogP contribution in [0, 0.1) is 5.92 Å². The van der Waals surface area contributed by atoms with E-state index in [4.69, 9.17) is 0 Å². The van der Waals surface area contributed by atoms with Gasteiger partial charge in [-0.1, -0.05) is 90.9 Å². The molecule has 3 aromatic carbocycles. The summed E-state index contributed by atoms with van der Waals surface area (Å²) in [6.45, 7) is 8.61. The maximum absolute atomic E-state index is 14.1. The first-order chi connectivity index (χ1) is 23.0. The largest absolute Gasteiger partial charge is 0.395 e. The van der Waals surface area contributed by atoms with Gasteiger partial charge in [0.05, 0.1) is 12.3 Å². The van der Waals surface area contributed by atoms with Crippen LogP contribution in [0.4, 0.5) is 11.4 Å². The highest BCUT2D eigenvalue weighted by Gasteiger charge is 2.52. The van der Waals surface area contributed by atoms with Crippen LogP contribution in [0.1, 0.15) is 68.4 Å². The Kier molecular flexibility index (Phi) is 12.7. The standard InChI is InChI=1S/C40H47N3O5/c1-29(2)13-11-14-30(3)23-24-43-36-22-21-34(41-38(46)33-18-9-6-10-19-33)27-35(36)40(48,39(43)47)31(4)15-12-20-37(45)42(25-26-44)28-32-16-7-5-8-17-32/h5-10,12-13,15-19,21-23,27,31,44,48H,11,14,20,24-26,28H2,1-4H3,(H,41,46)/b15-12+,30-23+/t31-,40+/m0/s1. The first kappa shape index (κ1) is 36.1. The Morgan fingerprint density at radius 1 is 0.979 bits per heavy atom. The summed E-state index contributed by atoms with van der Waals surface area (Å²) in [5.41, 5.74) is 3.33. The molecule has 2 atom stereocenters. The Morgan fingerprint density at radius 3 is 2.33 bits per heavy atom. The number of carbonyl (C=O) groups excluding carboxylic acids is 3. The first-order valence-corrected chi connectivity index (χ1v) is 16.5. The topological polar surface area (TPSA) is 110 Å². The number of anilines is 2. The summed E-state index contributed by atoms with van der Waals surface area (Å²) in [7, 11) is 0. The molecule has 48 heavy (non-hydrogen) atoms. The van der Waals surface area contributed by atoms with E-state index >= 15 is 0 Å². The Labute approximate surface area is 284 Å². The van der Waals surface area contributed by atoms with Gasteiger partial charge < -0.3 is 25.3 Å². The molecule has 0 radical (unpaired) electrons. The summed E-state index contributed by atoms with van der Waals surface area (Å²) in [4.78, 5) is 43.4. The number of carbonyl (C=O) groups is 3. The number of nitrogens with one attached hydrogen (secondary N) is 1. The lowest BCUT2D eigenvalue weighted by molar-refractivity contribution is -0.139. The van der Waals surface area contributed by atoms with Crippen LogP contribution in [0.25, 0.3) is 0 Å². The van der Waals surface area contributed by atoms with Crippen LogP contribution in [0.5, 0.6) is 0 Å². The van der Waals surface area contributed by atoms with E-state index in [1.165, 1.54) is 5.57 Å². The number of rotatable bonds is 15. The van der Waals surface area contributed by atoms with Crippen LogP contribution in [0.15, 0.2) is 114 Å². The molecule has 0 bridgehead atoms. The summed E-state index contributed by atoms with van der Waals surface area (Å²) in [6, 6.07) is 23.6. The van der Waals surface area contributed by atoms with Gasteiger partial charge in [-0.3, -0.25) is 14.4 Å². The Balaban J connectivity index is 1.58. The minimum atomic E-state index is -1.93. The minimum Gasteiger partial charge on any atom is -0.395 e. The average molecular weight is 650 g/mol. The van der Waals surface area contributed by atoms with Crippen molar-refractivity contribution in [2.75, 3.05) is 29.9 Å². The molecule has 8 nitrogen and oxygen atoms in total. The summed E-state index contributed by atoms with van der Waals surface area (Å²) < 4.78 is 0. The number of fused-ring (bicyclic) bond motifs is 1. The van der Waals surface area contributed by atoms with Crippen molar-refractivity contribution >= 4 is 29.1 Å². The normalized spacial score (nSPS) is 16.5. The molecule has 0 saturated carbocycles. The van der Waals surface area contributed by atoms with Crippen molar-refractivity contribution in [3.05, 3.63) is 131 Å². The van der Waals surface area contributed by atoms with Gasteiger partial charge in [-0.05, 0) is 69.5 Å². The maximum atomic E-state index is 14.1. The SMILES string of the molecule is CC(C)=CCC/C(C)=C/CN1C(=O)[C@@](O)([C@@H](C)/C=C/CC(=O)N(CCO)Cc2ccccc2)c2cc(NC(=O)c3ccccc3)ccc21. The summed E-state index contributed by atoms with van der Waals surface area (Å²) in [5.74, 6) is -1.65. The Morgan fingerprint density at radius 2 is 1.67 bits per heavy atom. The first-order valence-electron chi connectivity index (χ1n) is 16.5. The molecule has 0 spiro atoms. The van der Waals surface area contributed by atoms with E-state index in [-0.39, 0.29) is 37.9 Å². The number of aliphatic hydroxyl groups is 2. The molecule has 0 aliphatic carbocycles. The zero-order valence-electron chi connectivity index (χ0n) is 28.4. The summed E-state index contributed by atoms with van der Waals surface area (Å²) in [6.07, 6.45) is 9.37. The van der Waals surface area contributed by atoms with Crippen LogP contribution in [0.2, 0.25) is 0 Å². The lowest BCUT2D eigenvalue weighted by Crippen LogP contribution is -2.44. The van der Waals surface area contributed by atoms with Gasteiger partial charge in [-0.25, -0.2) is 0 Å². The van der Waals surface area contributed by atoms with Crippen molar-refractivity contribution in [1.29, 1.82) is 0 Å². The van der Waals surface area contributed by atoms with Crippen molar-refractivity contribution in [2.45, 2.75) is 59.1 Å². The van der Waals surface area contributed by atoms with Crippen LogP contribution in [0.3, 0.4) is 0 Å². The molecule has 1 heterocycles. The van der Waals surface area contributed by atoms with Crippen LogP contribution in [-0.2, 0) is 21.7 Å². The van der Waals surface area contributed by atoms with Crippen molar-refractivity contribution < 1.29 is 24.6 Å². The molecular formula is C40H47N3O5. The van der Waals surface area contributed by atoms with Crippen LogP contribution >= 0.6 is 0 Å². The molecule has 3 amide bonds. The number of hydrogen-bond acceptors (Lipinski definition) is 5. The smallest absolute Gasteiger partial charge is 0.264 e. The fraction of sp³-hybridized carbons (Fsp3) is 0.325. The third-order valence-corrected chi connectivity index (χ3v) is 8.59. The molecule has 3 N–H and O–H groups in total. The molecule has 1 aliphatic rings. The molecule has 0 saturated heterocycles. The van der Waals surface area contributed by atoms with E-state index in [1.54, 1.807) is 71.3 Å². The molecule has 3 aromatic rings. The van der Waals surface area contributed by atoms with Crippen LogP contribution < -0.4 is 10.2 Å². The predicted molar refractivity (Wildman–Crippen MR) is 191 cm³/mol. The second kappa shape index (κ2) is 16.9. The zero-order valence-corrected chi connectivity index (χ0v) is 28.4. The van der Waals surface area contributed by atoms with E-state index in [1.807, 2.05) is 49.4 Å². The van der Waals surface area contributed by atoms with Crippen molar-refractivity contribution in [3.8, 4) is 0 Å². The van der Waals surface area contributed by atoms with E-state index in [0.29, 0.717) is 29.0 Å². The van der Waals surface area contributed by atoms with E-state index in [9.17, 15) is 24.6 Å². The summed E-state index contributed by atoms with van der Waals surface area (Å²) in [5, 5.41) is 24.7. The van der Waals surface area contributed by atoms with E-state index < -0.39 is 17.4 Å². The van der Waals surface area contributed by atoms with Gasteiger partial charge in [0.15, 0.2) is 5.60 Å². The lowest BCUT2D eigenvalue weighted by Gasteiger charge is -2.28. The molecule has 252 valence electrons. The predicted octanol–water partition coefficient (Wildman–Crippen LogP) is 6.77. The molecule has 0 aromatic heterocycles. The molecule has 0 unspecified atom stereocenters. The quantitative estimate of drug-likeness (QED) is 0.158. The number of hydrogen-bond donors (Lipinski definition) is 3. The second-order valence-electron chi connectivity index (χ2n) is 12.6. The van der Waals surface area contributed by atoms with Gasteiger partial charge in [0.25, 0.3) is 11.8 Å². The lowest BCUT2D eigenvalue weighted by atomic mass is 9.82. The molecule has 4 rings (SSSR count). The maximum Gasteiger partial charge on any atom is 0.264 e. The highest BCUT2D eigenvalue weighted by molar-refractivity contribution is 6.09. The molecule has 1 aliphatic heterocycles. The minimum absolute atomic E-state index is 0.0405. The molecule has 0 fully saturated rings. The van der Waals surface area contributed by atoms with Gasteiger partial charge in [0.2, 0.25) is 5.91 Å². The highest BCUT2D eigenvalue weighted by Crippen LogP contribution is 2.46. The van der Waals surface area contributed by atoms with Gasteiger partial charge >= 0.3 is 0 Å². The molecule has 8 heteroatoms. The van der Waals surface area contributed by atoms with Crippen molar-refractivity contribution in [2.24, 2.45) is 5.92 Å². The fourth-order valence-corrected chi connectivity index (χ4v) is 5.79. The average Bonchev–Trinajstić information content (AvgIpc) is 3.29. The van der Waals surface area contributed by atoms with Crippen molar-refractivity contribution in [1.82, 2.24) is 4.90 Å². The van der Waals surface area contributed by atoms with Crippen molar-refractivity contribution in [3.63, 3.8) is 0 Å². The number of nitrogens with zero attached hydrogens (tertiary/aromatic N) is 2. The van der Waals surface area contributed by atoms with Gasteiger partial charge in [-0.2, -0.15) is 0 Å². The number of benzene rings is 3. The third kappa shape index (κ3) is 8.97. The Hall–Kier alpha value is -4.79. The highest BCUT2D eigenvalue weighted by atomic mass is 16.3.